The normalized spacial score (nSPS) is 12.8. The van der Waals surface area contributed by atoms with Crippen LogP contribution in [0.4, 0.5) is 0 Å². The molecule has 1 N–H and O–H groups in total. The van der Waals surface area contributed by atoms with Crippen LogP contribution in [-0.2, 0) is 13.6 Å². The lowest BCUT2D eigenvalue weighted by atomic mass is 10.0. The van der Waals surface area contributed by atoms with E-state index in [9.17, 15) is 0 Å². The Kier molecular flexibility index (Phi) is 4.37. The molecule has 0 aliphatic heterocycles. The van der Waals surface area contributed by atoms with Gasteiger partial charge >= 0.3 is 0 Å². The Bertz CT molecular complexity index is 526. The minimum absolute atomic E-state index is 0.175. The van der Waals surface area contributed by atoms with Crippen molar-refractivity contribution in [3.8, 4) is 0 Å². The highest BCUT2D eigenvalue weighted by molar-refractivity contribution is 5.30. The van der Waals surface area contributed by atoms with Gasteiger partial charge in [0, 0.05) is 36.6 Å². The third kappa shape index (κ3) is 2.87. The van der Waals surface area contributed by atoms with Gasteiger partial charge in [-0.3, -0.25) is 9.36 Å². The first kappa shape index (κ1) is 13.8. The molecule has 0 bridgehead atoms. The second kappa shape index (κ2) is 6.02. The van der Waals surface area contributed by atoms with Crippen LogP contribution in [0.5, 0.6) is 0 Å². The van der Waals surface area contributed by atoms with Gasteiger partial charge in [-0.05, 0) is 26.8 Å². The molecule has 1 atom stereocenters. The van der Waals surface area contributed by atoms with Crippen LogP contribution in [0.2, 0.25) is 0 Å². The predicted octanol–water partition coefficient (Wildman–Crippen LogP) is 2.03. The van der Waals surface area contributed by atoms with Crippen LogP contribution in [0.3, 0.4) is 0 Å². The summed E-state index contributed by atoms with van der Waals surface area (Å²) in [7, 11) is 1.98. The second-order valence-corrected chi connectivity index (χ2v) is 4.83. The van der Waals surface area contributed by atoms with Crippen molar-refractivity contribution in [1.82, 2.24) is 24.9 Å². The van der Waals surface area contributed by atoms with Crippen molar-refractivity contribution in [1.29, 1.82) is 0 Å². The lowest BCUT2D eigenvalue weighted by Crippen LogP contribution is -2.23. The van der Waals surface area contributed by atoms with Gasteiger partial charge in [-0.15, -0.1) is 0 Å². The quantitative estimate of drug-likeness (QED) is 0.865. The van der Waals surface area contributed by atoms with Crippen LogP contribution in [0.25, 0.3) is 0 Å². The molecule has 0 fully saturated rings. The maximum Gasteiger partial charge on any atom is 0.0641 e. The number of aromatic nitrogens is 4. The van der Waals surface area contributed by atoms with Gasteiger partial charge in [-0.25, -0.2) is 0 Å². The lowest BCUT2D eigenvalue weighted by molar-refractivity contribution is 0.592. The van der Waals surface area contributed by atoms with Crippen molar-refractivity contribution in [2.75, 3.05) is 6.54 Å². The third-order valence-corrected chi connectivity index (χ3v) is 3.49. The minimum atomic E-state index is 0.175. The molecule has 0 radical (unpaired) electrons. The van der Waals surface area contributed by atoms with E-state index < -0.39 is 0 Å². The molecule has 5 heteroatoms. The van der Waals surface area contributed by atoms with Gasteiger partial charge in [0.2, 0.25) is 0 Å². The highest BCUT2D eigenvalue weighted by atomic mass is 15.3. The van der Waals surface area contributed by atoms with Crippen molar-refractivity contribution >= 4 is 0 Å². The highest BCUT2D eigenvalue weighted by Crippen LogP contribution is 2.24. The number of nitrogens with zero attached hydrogens (tertiary/aromatic N) is 4. The lowest BCUT2D eigenvalue weighted by Gasteiger charge is -2.17. The summed E-state index contributed by atoms with van der Waals surface area (Å²) in [6.07, 6.45) is 7.12. The highest BCUT2D eigenvalue weighted by Gasteiger charge is 2.19. The van der Waals surface area contributed by atoms with Crippen molar-refractivity contribution in [3.05, 3.63) is 35.4 Å². The number of hydrogen-bond acceptors (Lipinski definition) is 3. The first-order valence-electron chi connectivity index (χ1n) is 6.91. The number of hydrogen-bond donors (Lipinski definition) is 1. The molecule has 0 aromatic carbocycles. The Morgan fingerprint density at radius 1 is 1.26 bits per heavy atom. The molecule has 2 aromatic heterocycles. The monoisotopic (exact) mass is 261 g/mol. The first-order chi connectivity index (χ1) is 9.17. The zero-order valence-corrected chi connectivity index (χ0v) is 12.2. The zero-order valence-electron chi connectivity index (χ0n) is 12.2. The molecule has 2 aromatic rings. The molecular formula is C14H23N5. The Labute approximate surface area is 114 Å². The summed E-state index contributed by atoms with van der Waals surface area (Å²) in [5.41, 5.74) is 3.62. The fraction of sp³-hybridized carbons (Fsp3) is 0.571. The van der Waals surface area contributed by atoms with E-state index in [4.69, 9.17) is 0 Å². The zero-order chi connectivity index (χ0) is 13.8. The number of nitrogens with one attached hydrogen (secondary N) is 1. The van der Waals surface area contributed by atoms with Gasteiger partial charge < -0.3 is 5.32 Å². The molecule has 2 rings (SSSR count). The van der Waals surface area contributed by atoms with Crippen LogP contribution >= 0.6 is 0 Å². The van der Waals surface area contributed by atoms with E-state index in [2.05, 4.69) is 42.5 Å². The molecule has 1 unspecified atom stereocenters. The van der Waals surface area contributed by atoms with E-state index in [-0.39, 0.29) is 6.04 Å². The van der Waals surface area contributed by atoms with Gasteiger partial charge in [-0.1, -0.05) is 6.92 Å². The average Bonchev–Trinajstić information content (AvgIpc) is 3.01. The van der Waals surface area contributed by atoms with Crippen LogP contribution in [0.1, 0.15) is 43.1 Å². The van der Waals surface area contributed by atoms with E-state index in [1.807, 2.05) is 28.8 Å². The summed E-state index contributed by atoms with van der Waals surface area (Å²) in [5.74, 6) is 0. The first-order valence-corrected chi connectivity index (χ1v) is 6.91. The Hall–Kier alpha value is -1.62. The fourth-order valence-electron chi connectivity index (χ4n) is 2.20. The Balaban J connectivity index is 2.32. The summed E-state index contributed by atoms with van der Waals surface area (Å²) in [4.78, 5) is 0. The van der Waals surface area contributed by atoms with Crippen LogP contribution in [-0.4, -0.2) is 26.1 Å². The molecule has 2 heterocycles. The van der Waals surface area contributed by atoms with Gasteiger partial charge in [-0.2, -0.15) is 10.2 Å². The fourth-order valence-corrected chi connectivity index (χ4v) is 2.20. The van der Waals surface area contributed by atoms with Crippen LogP contribution in [0, 0.1) is 6.92 Å². The van der Waals surface area contributed by atoms with Gasteiger partial charge in [0.1, 0.15) is 0 Å². The molecular weight excluding hydrogens is 238 g/mol. The minimum Gasteiger partial charge on any atom is -0.306 e. The van der Waals surface area contributed by atoms with E-state index >= 15 is 0 Å². The van der Waals surface area contributed by atoms with Gasteiger partial charge in [0.05, 0.1) is 18.4 Å². The molecule has 0 amide bonds. The van der Waals surface area contributed by atoms with Crippen molar-refractivity contribution < 1.29 is 0 Å². The molecule has 0 spiro atoms. The third-order valence-electron chi connectivity index (χ3n) is 3.49. The Morgan fingerprint density at radius 2 is 2.05 bits per heavy atom. The molecule has 104 valence electrons. The molecule has 0 saturated heterocycles. The van der Waals surface area contributed by atoms with E-state index in [1.165, 1.54) is 16.8 Å². The topological polar surface area (TPSA) is 47.7 Å². The van der Waals surface area contributed by atoms with Crippen molar-refractivity contribution in [3.63, 3.8) is 0 Å². The largest absolute Gasteiger partial charge is 0.306 e. The van der Waals surface area contributed by atoms with Crippen molar-refractivity contribution in [2.45, 2.75) is 39.8 Å². The second-order valence-electron chi connectivity index (χ2n) is 4.83. The molecule has 19 heavy (non-hydrogen) atoms. The SMILES string of the molecule is CCCNC(c1cnn(CC)c1)c1cnn(C)c1C. The summed E-state index contributed by atoms with van der Waals surface area (Å²) in [6.45, 7) is 8.26. The summed E-state index contributed by atoms with van der Waals surface area (Å²) in [5, 5.41) is 12.3. The maximum absolute atomic E-state index is 4.38. The van der Waals surface area contributed by atoms with Crippen LogP contribution in [0.15, 0.2) is 18.6 Å². The van der Waals surface area contributed by atoms with Gasteiger partial charge in [0.25, 0.3) is 0 Å². The Morgan fingerprint density at radius 3 is 2.58 bits per heavy atom. The van der Waals surface area contributed by atoms with Crippen molar-refractivity contribution in [2.24, 2.45) is 7.05 Å². The predicted molar refractivity (Wildman–Crippen MR) is 76.0 cm³/mol. The van der Waals surface area contributed by atoms with Gasteiger partial charge in [0.15, 0.2) is 0 Å². The molecule has 0 saturated carbocycles. The molecule has 0 aliphatic carbocycles. The van der Waals surface area contributed by atoms with E-state index in [0.29, 0.717) is 0 Å². The smallest absolute Gasteiger partial charge is 0.0641 e. The molecule has 0 aliphatic rings. The van der Waals surface area contributed by atoms with E-state index in [1.54, 1.807) is 0 Å². The van der Waals surface area contributed by atoms with Crippen LogP contribution < -0.4 is 5.32 Å². The molecule has 5 nitrogen and oxygen atoms in total. The summed E-state index contributed by atoms with van der Waals surface area (Å²) < 4.78 is 3.88. The maximum atomic E-state index is 4.38. The number of rotatable bonds is 6. The summed E-state index contributed by atoms with van der Waals surface area (Å²) >= 11 is 0. The number of aryl methyl sites for hydroxylation is 2. The van der Waals surface area contributed by atoms with E-state index in [0.717, 1.165) is 19.5 Å². The average molecular weight is 261 g/mol. The standard InChI is InChI=1S/C14H23N5/c1-5-7-15-14(12-8-17-19(6-2)10-12)13-9-16-18(4)11(13)3/h8-10,14-15H,5-7H2,1-4H3. The summed E-state index contributed by atoms with van der Waals surface area (Å²) in [6, 6.07) is 0.175.